The smallest absolute Gasteiger partial charge is 0.426 e. The summed E-state index contributed by atoms with van der Waals surface area (Å²) in [5.74, 6) is -1.29. The van der Waals surface area contributed by atoms with Gasteiger partial charge in [-0.3, -0.25) is 29.0 Å². The molecule has 0 aliphatic carbocycles. The summed E-state index contributed by atoms with van der Waals surface area (Å²) in [6.07, 6.45) is -9.10. The fraction of sp³-hybridized carbons (Fsp3) is 0.465. The zero-order valence-electron chi connectivity index (χ0n) is 56.4. The van der Waals surface area contributed by atoms with Crippen LogP contribution in [0.2, 0.25) is 0 Å². The second kappa shape index (κ2) is 34.0. The lowest BCUT2D eigenvalue weighted by Gasteiger charge is -2.29. The molecule has 2 aromatic heterocycles. The molecule has 0 saturated carbocycles. The molecule has 0 atom stereocenters. The SMILES string of the molecule is C.CC(C)(C)OC(=O)CCN(CC(=O)O)C(=O)OC(C)(C)C.Cc1c(OCc2cc(-c3ccccc3)c(C(F)(F)F)s2)ccc2c1CCN2.Cc1c(OCc2cc(-c3ccccc3)c(C(F)(F)F)s2)ccc2c1CCN2C(=O)CN(CCC(=O)OC(C)(C)C)C(=O)OC(C)(C)C.Cl. The molecule has 8 rings (SSSR count). The van der Waals surface area contributed by atoms with Gasteiger partial charge in [0.05, 0.1) is 12.8 Å². The fourth-order valence-electron chi connectivity index (χ4n) is 9.93. The zero-order chi connectivity index (χ0) is 70.6. The second-order valence-electron chi connectivity index (χ2n) is 26.5. The lowest BCUT2D eigenvalue weighted by molar-refractivity contribution is -0.156. The number of rotatable bonds is 18. The highest BCUT2D eigenvalue weighted by atomic mass is 35.5. The van der Waals surface area contributed by atoms with Crippen LogP contribution >= 0.6 is 35.1 Å². The lowest BCUT2D eigenvalue weighted by Crippen LogP contribution is -2.45. The Morgan fingerprint density at radius 3 is 1.35 bits per heavy atom. The van der Waals surface area contributed by atoms with E-state index >= 15 is 0 Å². The molecular weight excluding hydrogens is 1330 g/mol. The molecule has 0 spiro atoms. The molecule has 26 heteroatoms. The highest BCUT2D eigenvalue weighted by Crippen LogP contribution is 2.45. The number of thiophene rings is 2. The van der Waals surface area contributed by atoms with Crippen molar-refractivity contribution in [2.75, 3.05) is 49.5 Å². The number of fused-ring (bicyclic) bond motifs is 2. The van der Waals surface area contributed by atoms with Gasteiger partial charge in [-0.15, -0.1) is 35.1 Å². The quantitative estimate of drug-likeness (QED) is 0.0468. The lowest BCUT2D eigenvalue weighted by atomic mass is 10.1. The maximum atomic E-state index is 13.8. The van der Waals surface area contributed by atoms with Gasteiger partial charge in [0.1, 0.15) is 70.0 Å². The first-order valence-electron chi connectivity index (χ1n) is 30.7. The molecule has 0 radical (unpaired) electrons. The fourth-order valence-corrected chi connectivity index (χ4v) is 11.9. The molecule has 4 aromatic carbocycles. The highest BCUT2D eigenvalue weighted by molar-refractivity contribution is 7.13. The number of carboxylic acids is 1. The molecule has 3 amide bonds. The van der Waals surface area contributed by atoms with Crippen LogP contribution in [0.5, 0.6) is 11.5 Å². The van der Waals surface area contributed by atoms with Crippen molar-refractivity contribution >= 4 is 82.5 Å². The maximum absolute atomic E-state index is 13.8. The number of hydrogen-bond donors (Lipinski definition) is 2. The molecule has 6 aromatic rings. The van der Waals surface area contributed by atoms with E-state index in [2.05, 4.69) is 5.32 Å². The predicted molar refractivity (Wildman–Crippen MR) is 367 cm³/mol. The summed E-state index contributed by atoms with van der Waals surface area (Å²) in [5.41, 5.74) is 4.22. The normalized spacial score (nSPS) is 12.7. The molecule has 2 N–H and O–H groups in total. The van der Waals surface area contributed by atoms with E-state index in [1.54, 1.807) is 167 Å². The van der Waals surface area contributed by atoms with Crippen molar-refractivity contribution in [3.05, 3.63) is 139 Å². The first kappa shape index (κ1) is 81.4. The average Bonchev–Trinajstić information content (AvgIpc) is 1.67. The number of nitrogens with one attached hydrogen (secondary N) is 1. The van der Waals surface area contributed by atoms with Crippen LogP contribution in [0.15, 0.2) is 97.1 Å². The van der Waals surface area contributed by atoms with Gasteiger partial charge in [0.2, 0.25) is 5.91 Å². The van der Waals surface area contributed by atoms with E-state index < -0.39 is 81.2 Å². The Balaban J connectivity index is 0.000000338. The van der Waals surface area contributed by atoms with Gasteiger partial charge < -0.3 is 43.7 Å². The summed E-state index contributed by atoms with van der Waals surface area (Å²) in [4.78, 5) is 76.7. The number of ether oxygens (including phenoxy) is 6. The Labute approximate surface area is 578 Å². The van der Waals surface area contributed by atoms with Crippen molar-refractivity contribution < 1.29 is 88.6 Å². The molecule has 17 nitrogen and oxygen atoms in total. The number of carbonyl (C=O) groups is 6. The van der Waals surface area contributed by atoms with Gasteiger partial charge in [-0.05, 0) is 180 Å². The molecule has 97 heavy (non-hydrogen) atoms. The van der Waals surface area contributed by atoms with Gasteiger partial charge in [-0.1, -0.05) is 68.1 Å². The number of esters is 2. The summed E-state index contributed by atoms with van der Waals surface area (Å²) in [6.45, 7) is 24.8. The number of alkyl halides is 6. The van der Waals surface area contributed by atoms with E-state index in [1.807, 2.05) is 26.0 Å². The Kier molecular flexibility index (Phi) is 28.5. The molecule has 532 valence electrons. The Bertz CT molecular complexity index is 3660. The summed E-state index contributed by atoms with van der Waals surface area (Å²) < 4.78 is 115. The molecule has 0 saturated heterocycles. The van der Waals surface area contributed by atoms with E-state index in [-0.39, 0.29) is 82.6 Å². The molecule has 2 aliphatic rings. The highest BCUT2D eigenvalue weighted by Gasteiger charge is 2.39. The van der Waals surface area contributed by atoms with Gasteiger partial charge in [0, 0.05) is 58.4 Å². The van der Waals surface area contributed by atoms with Crippen molar-refractivity contribution in [3.8, 4) is 33.8 Å². The topological polar surface area (TPSA) is 200 Å². The van der Waals surface area contributed by atoms with Crippen molar-refractivity contribution in [2.45, 2.75) is 178 Å². The van der Waals surface area contributed by atoms with Crippen molar-refractivity contribution in [1.82, 2.24) is 9.80 Å². The van der Waals surface area contributed by atoms with Crippen LogP contribution in [-0.4, -0.2) is 113 Å². The van der Waals surface area contributed by atoms with Crippen molar-refractivity contribution in [2.24, 2.45) is 0 Å². The Morgan fingerprint density at radius 1 is 0.546 bits per heavy atom. The van der Waals surface area contributed by atoms with Crippen LogP contribution in [0.1, 0.15) is 145 Å². The van der Waals surface area contributed by atoms with E-state index in [0.29, 0.717) is 56.6 Å². The second-order valence-corrected chi connectivity index (χ2v) is 28.7. The minimum atomic E-state index is -4.50. The van der Waals surface area contributed by atoms with Gasteiger partial charge in [-0.2, -0.15) is 26.3 Å². The van der Waals surface area contributed by atoms with Crippen LogP contribution in [0, 0.1) is 13.8 Å². The third kappa shape index (κ3) is 25.1. The average molecular weight is 1420 g/mol. The Morgan fingerprint density at radius 2 is 0.948 bits per heavy atom. The van der Waals surface area contributed by atoms with Gasteiger partial charge in [-0.25, -0.2) is 9.59 Å². The first-order valence-corrected chi connectivity index (χ1v) is 32.4. The maximum Gasteiger partial charge on any atom is 0.426 e. The third-order valence-electron chi connectivity index (χ3n) is 13.9. The van der Waals surface area contributed by atoms with Crippen LogP contribution in [-0.2, 0) is 76.5 Å². The minimum absolute atomic E-state index is 0. The monoisotopic (exact) mass is 1420 g/mol. The first-order chi connectivity index (χ1) is 44.1. The van der Waals surface area contributed by atoms with E-state index in [0.717, 1.165) is 57.3 Å². The standard InChI is InChI=1S/C35H41F3N2O6S.C21H18F3NOS.C14H25NO6.CH4.ClH/c1-22-25-15-18-40(29(41)20-39(32(43)46-34(5,6)7)17-16-30(42)45-33(2,3)4)27(25)13-14-28(22)44-21-24-19-26(23-11-9-8-10-12-23)31(47-24)35(36,37)38;1-13-16-9-10-25-18(16)7-8-19(13)26-12-15-11-17(14-5-3-2-4-6-14)20(27-15)21(22,23)24;1-13(2,3)20-11(18)7-8-15(9-10(16)17)12(19)21-14(4,5)6;;/h8-14,19H,15-18,20-21H2,1-7H3;2-8,11,25H,9-10,12H2,1H3;7-9H2,1-6H3,(H,16,17);1H4;1H. The third-order valence-corrected chi connectivity index (χ3v) is 16.2. The number of carboxylic acid groups (broad SMARTS) is 1. The number of halogens is 7. The molecule has 0 unspecified atom stereocenters. The van der Waals surface area contributed by atoms with Gasteiger partial charge in [0.25, 0.3) is 0 Å². The summed E-state index contributed by atoms with van der Waals surface area (Å²) in [5, 5.41) is 12.1. The largest absolute Gasteiger partial charge is 0.488 e. The number of amides is 3. The minimum Gasteiger partial charge on any atom is -0.488 e. The van der Waals surface area contributed by atoms with Crippen molar-refractivity contribution in [3.63, 3.8) is 0 Å². The number of nitrogens with zero attached hydrogens (tertiary/aromatic N) is 3. The molecule has 2 aliphatic heterocycles. The predicted octanol–water partition coefficient (Wildman–Crippen LogP) is 17.6. The van der Waals surface area contributed by atoms with Crippen LogP contribution < -0.4 is 19.7 Å². The summed E-state index contributed by atoms with van der Waals surface area (Å²) in [6, 6.07) is 27.5. The summed E-state index contributed by atoms with van der Waals surface area (Å²) >= 11 is 1.41. The van der Waals surface area contributed by atoms with Gasteiger partial charge in [0.15, 0.2) is 0 Å². The molecule has 0 bridgehead atoms. The van der Waals surface area contributed by atoms with E-state index in [1.165, 1.54) is 16.5 Å². The van der Waals surface area contributed by atoms with Crippen LogP contribution in [0.25, 0.3) is 22.3 Å². The molecule has 4 heterocycles. The van der Waals surface area contributed by atoms with E-state index in [9.17, 15) is 55.1 Å². The summed E-state index contributed by atoms with van der Waals surface area (Å²) in [7, 11) is 0. The zero-order valence-corrected chi connectivity index (χ0v) is 58.9. The molecular formula is C71H89ClF6N4O13S2. The van der Waals surface area contributed by atoms with Crippen LogP contribution in [0.4, 0.5) is 47.3 Å². The van der Waals surface area contributed by atoms with Crippen molar-refractivity contribution in [1.29, 1.82) is 0 Å². The van der Waals surface area contributed by atoms with Crippen LogP contribution in [0.3, 0.4) is 0 Å². The number of benzene rings is 4. The number of aliphatic carboxylic acids is 1. The molecule has 0 fully saturated rings. The number of carbonyl (C=O) groups excluding carboxylic acids is 5. The Hall–Kier alpha value is -8.03. The van der Waals surface area contributed by atoms with E-state index in [4.69, 9.17) is 33.5 Å². The number of anilines is 2. The van der Waals surface area contributed by atoms with Gasteiger partial charge >= 0.3 is 42.4 Å². The number of hydrogen-bond acceptors (Lipinski definition) is 15.